The summed E-state index contributed by atoms with van der Waals surface area (Å²) < 4.78 is 5.07. The van der Waals surface area contributed by atoms with Gasteiger partial charge in [-0.3, -0.25) is 14.6 Å². The van der Waals surface area contributed by atoms with Gasteiger partial charge in [-0.05, 0) is 31.0 Å². The normalized spacial score (nSPS) is 17.1. The van der Waals surface area contributed by atoms with Crippen molar-refractivity contribution < 1.29 is 14.3 Å². The highest BCUT2D eigenvalue weighted by Gasteiger charge is 2.34. The second-order valence-corrected chi connectivity index (χ2v) is 7.82. The summed E-state index contributed by atoms with van der Waals surface area (Å²) in [5, 5.41) is 0.567. The van der Waals surface area contributed by atoms with Crippen molar-refractivity contribution >= 4 is 34.9 Å². The Hall–Kier alpha value is -2.66. The fourth-order valence-corrected chi connectivity index (χ4v) is 3.73. The molecule has 0 N–H and O–H groups in total. The number of aliphatic imine (C=N–C) groups is 1. The van der Waals surface area contributed by atoms with Gasteiger partial charge in [0.15, 0.2) is 0 Å². The van der Waals surface area contributed by atoms with Gasteiger partial charge in [-0.1, -0.05) is 62.2 Å². The van der Waals surface area contributed by atoms with Gasteiger partial charge in [0.05, 0.1) is 24.4 Å². The average molecular weight is 427 g/mol. The van der Waals surface area contributed by atoms with Crippen LogP contribution in [0.4, 0.5) is 5.69 Å². The smallest absolute Gasteiger partial charge is 0.307 e. The molecule has 1 heterocycles. The fourth-order valence-electron chi connectivity index (χ4n) is 3.56. The van der Waals surface area contributed by atoms with Crippen molar-refractivity contribution in [3.8, 4) is 0 Å². The van der Waals surface area contributed by atoms with Gasteiger partial charge in [-0.15, -0.1) is 0 Å². The Kier molecular flexibility index (Phi) is 7.27. The average Bonchev–Trinajstić information content (AvgIpc) is 2.86. The Morgan fingerprint density at radius 2 is 1.93 bits per heavy atom. The van der Waals surface area contributed by atoms with Crippen LogP contribution in [-0.2, 0) is 14.3 Å². The number of amides is 1. The maximum Gasteiger partial charge on any atom is 0.307 e. The van der Waals surface area contributed by atoms with Gasteiger partial charge < -0.3 is 9.64 Å². The molecule has 158 valence electrons. The minimum absolute atomic E-state index is 0.0473. The molecule has 0 saturated carbocycles. The molecule has 0 aliphatic carbocycles. The zero-order valence-electron chi connectivity index (χ0n) is 17.6. The molecule has 0 bridgehead atoms. The molecule has 0 radical (unpaired) electrons. The molecule has 0 aromatic heterocycles. The summed E-state index contributed by atoms with van der Waals surface area (Å²) in [7, 11) is 0. The highest BCUT2D eigenvalue weighted by molar-refractivity contribution is 6.32. The van der Waals surface area contributed by atoms with E-state index in [1.165, 1.54) is 0 Å². The molecule has 1 aliphatic rings. The lowest BCUT2D eigenvalue weighted by Crippen LogP contribution is -2.42. The van der Waals surface area contributed by atoms with Crippen molar-refractivity contribution in [2.24, 2.45) is 10.9 Å². The molecule has 0 spiro atoms. The minimum atomic E-state index is -0.543. The summed E-state index contributed by atoms with van der Waals surface area (Å²) in [6.07, 6.45) is 0.931. The molecule has 1 unspecified atom stereocenters. The lowest BCUT2D eigenvalue weighted by Gasteiger charge is -2.27. The van der Waals surface area contributed by atoms with E-state index in [0.717, 1.165) is 23.3 Å². The third kappa shape index (κ3) is 4.73. The summed E-state index contributed by atoms with van der Waals surface area (Å²) >= 11 is 6.33. The number of fused-ring (bicyclic) bond motifs is 1. The van der Waals surface area contributed by atoms with Crippen LogP contribution in [-0.4, -0.2) is 36.8 Å². The van der Waals surface area contributed by atoms with Gasteiger partial charge in [0.25, 0.3) is 5.91 Å². The van der Waals surface area contributed by atoms with E-state index in [9.17, 15) is 9.59 Å². The highest BCUT2D eigenvalue weighted by Crippen LogP contribution is 2.33. The van der Waals surface area contributed by atoms with Gasteiger partial charge in [-0.2, -0.15) is 0 Å². The number of hydrogen-bond acceptors (Lipinski definition) is 4. The molecule has 1 aliphatic heterocycles. The van der Waals surface area contributed by atoms with E-state index in [1.807, 2.05) is 56.3 Å². The molecule has 3 rings (SSSR count). The van der Waals surface area contributed by atoms with Crippen LogP contribution in [0, 0.1) is 5.92 Å². The minimum Gasteiger partial charge on any atom is -0.466 e. The lowest BCUT2D eigenvalue weighted by molar-refractivity contribution is -0.142. The van der Waals surface area contributed by atoms with E-state index in [-0.39, 0.29) is 30.8 Å². The fraction of sp³-hybridized carbons (Fsp3) is 0.375. The van der Waals surface area contributed by atoms with Crippen molar-refractivity contribution in [1.29, 1.82) is 0 Å². The van der Waals surface area contributed by atoms with Crippen molar-refractivity contribution in [2.75, 3.05) is 18.1 Å². The topological polar surface area (TPSA) is 59.0 Å². The zero-order valence-corrected chi connectivity index (χ0v) is 18.4. The maximum atomic E-state index is 13.6. The number of esters is 1. The SMILES string of the molecule is CCOC(=O)CCN1C(=O)[C@H](C(C)CC)N=C(c2ccccc2)c2cc(Cl)ccc21. The number of hydrogen-bond donors (Lipinski definition) is 0. The predicted octanol–water partition coefficient (Wildman–Crippen LogP) is 4.89. The summed E-state index contributed by atoms with van der Waals surface area (Å²) in [6.45, 7) is 6.40. The lowest BCUT2D eigenvalue weighted by atomic mass is 9.98. The van der Waals surface area contributed by atoms with Crippen molar-refractivity contribution in [3.63, 3.8) is 0 Å². The Balaban J connectivity index is 2.13. The van der Waals surface area contributed by atoms with Gasteiger partial charge in [0.2, 0.25) is 0 Å². The standard InChI is InChI=1S/C24H27ClN2O3/c1-4-16(3)22-24(29)27(14-13-21(28)30-5-2)20-12-11-18(25)15-19(20)23(26-22)17-9-7-6-8-10-17/h6-12,15-16,22H,4-5,13-14H2,1-3H3/t16?,22-/m0/s1. The third-order valence-electron chi connectivity index (χ3n) is 5.37. The molecule has 0 fully saturated rings. The molecule has 2 atom stereocenters. The van der Waals surface area contributed by atoms with Gasteiger partial charge in [0, 0.05) is 22.7 Å². The van der Waals surface area contributed by atoms with Crippen LogP contribution in [0.3, 0.4) is 0 Å². The van der Waals surface area contributed by atoms with Crippen molar-refractivity contribution in [1.82, 2.24) is 0 Å². The predicted molar refractivity (Wildman–Crippen MR) is 120 cm³/mol. The molecular weight excluding hydrogens is 400 g/mol. The highest BCUT2D eigenvalue weighted by atomic mass is 35.5. The van der Waals surface area contributed by atoms with Gasteiger partial charge in [-0.25, -0.2) is 0 Å². The number of carbonyl (C=O) groups is 2. The number of halogens is 1. The molecule has 5 nitrogen and oxygen atoms in total. The number of benzodiazepines with no additional fused rings is 1. The van der Waals surface area contributed by atoms with Crippen LogP contribution >= 0.6 is 11.6 Å². The van der Waals surface area contributed by atoms with Crippen LogP contribution in [0.2, 0.25) is 5.02 Å². The second kappa shape index (κ2) is 9.90. The number of anilines is 1. The van der Waals surface area contributed by atoms with E-state index in [2.05, 4.69) is 0 Å². The largest absolute Gasteiger partial charge is 0.466 e. The molecule has 2 aromatic carbocycles. The van der Waals surface area contributed by atoms with Gasteiger partial charge in [0.1, 0.15) is 6.04 Å². The van der Waals surface area contributed by atoms with Crippen LogP contribution in [0.15, 0.2) is 53.5 Å². The summed E-state index contributed by atoms with van der Waals surface area (Å²) in [5.41, 5.74) is 3.17. The molecule has 1 amide bonds. The number of ether oxygens (including phenoxy) is 1. The Morgan fingerprint density at radius 1 is 1.20 bits per heavy atom. The first-order chi connectivity index (χ1) is 14.5. The van der Waals surface area contributed by atoms with Crippen LogP contribution in [0.5, 0.6) is 0 Å². The van der Waals surface area contributed by atoms with Crippen LogP contribution in [0.25, 0.3) is 0 Å². The molecule has 30 heavy (non-hydrogen) atoms. The summed E-state index contributed by atoms with van der Waals surface area (Å²) in [5.74, 6) is -0.386. The third-order valence-corrected chi connectivity index (χ3v) is 5.60. The monoisotopic (exact) mass is 426 g/mol. The first-order valence-corrected chi connectivity index (χ1v) is 10.7. The molecule has 6 heteroatoms. The number of nitrogens with zero attached hydrogens (tertiary/aromatic N) is 2. The van der Waals surface area contributed by atoms with E-state index in [0.29, 0.717) is 17.3 Å². The molecule has 2 aromatic rings. The Labute approximate surface area is 182 Å². The van der Waals surface area contributed by atoms with E-state index in [4.69, 9.17) is 21.3 Å². The number of carbonyl (C=O) groups excluding carboxylic acids is 2. The Morgan fingerprint density at radius 3 is 2.60 bits per heavy atom. The zero-order chi connectivity index (χ0) is 21.7. The first kappa shape index (κ1) is 22.0. The first-order valence-electron chi connectivity index (χ1n) is 10.4. The van der Waals surface area contributed by atoms with Crippen LogP contribution < -0.4 is 4.90 Å². The van der Waals surface area contributed by atoms with E-state index in [1.54, 1.807) is 17.9 Å². The van der Waals surface area contributed by atoms with E-state index < -0.39 is 6.04 Å². The summed E-state index contributed by atoms with van der Waals surface area (Å²) in [4.78, 5) is 32.2. The van der Waals surface area contributed by atoms with Crippen molar-refractivity contribution in [2.45, 2.75) is 39.7 Å². The Bertz CT molecular complexity index is 943. The molecular formula is C24H27ClN2O3. The van der Waals surface area contributed by atoms with Gasteiger partial charge >= 0.3 is 5.97 Å². The second-order valence-electron chi connectivity index (χ2n) is 7.38. The van der Waals surface area contributed by atoms with E-state index >= 15 is 0 Å². The van der Waals surface area contributed by atoms with Crippen molar-refractivity contribution in [3.05, 3.63) is 64.7 Å². The maximum absolute atomic E-state index is 13.6. The quantitative estimate of drug-likeness (QED) is 0.592. The number of benzene rings is 2. The molecule has 0 saturated heterocycles. The number of rotatable bonds is 7. The summed E-state index contributed by atoms with van der Waals surface area (Å²) in [6, 6.07) is 14.7. The van der Waals surface area contributed by atoms with Crippen LogP contribution in [0.1, 0.15) is 44.7 Å².